The van der Waals surface area contributed by atoms with Gasteiger partial charge in [0.25, 0.3) is 0 Å². The van der Waals surface area contributed by atoms with E-state index >= 15 is 0 Å². The largest absolute Gasteiger partial charge is 0.454 e. The number of nitrogens with zero attached hydrogens (tertiary/aromatic N) is 1. The minimum atomic E-state index is -0.0373. The summed E-state index contributed by atoms with van der Waals surface area (Å²) in [6.07, 6.45) is 2.72. The maximum atomic E-state index is 12.2. The van der Waals surface area contributed by atoms with Crippen LogP contribution >= 0.6 is 0 Å². The molecular formula is C19H16N2O3. The number of carbonyl (C=O) groups excluding carboxylic acids is 1. The Hall–Kier alpha value is -3.08. The maximum absolute atomic E-state index is 12.2. The van der Waals surface area contributed by atoms with Crippen LogP contribution in [0.4, 0.5) is 5.69 Å². The van der Waals surface area contributed by atoms with Gasteiger partial charge in [0.15, 0.2) is 11.5 Å². The number of benzene rings is 2. The van der Waals surface area contributed by atoms with Crippen LogP contribution in [0, 0.1) is 0 Å². The average molecular weight is 320 g/mol. The van der Waals surface area contributed by atoms with Crippen molar-refractivity contribution in [2.75, 3.05) is 12.1 Å². The molecule has 0 saturated heterocycles. The number of carbonyl (C=O) groups is 1. The summed E-state index contributed by atoms with van der Waals surface area (Å²) in [6, 6.07) is 15.5. The number of fused-ring (bicyclic) bond motifs is 2. The Balaban J connectivity index is 1.39. The van der Waals surface area contributed by atoms with Gasteiger partial charge in [-0.3, -0.25) is 9.78 Å². The molecule has 0 fully saturated rings. The molecule has 1 aromatic heterocycles. The SMILES string of the molecule is O=C(CCc1ccc2c(c1)OCO2)Nc1cnc2ccccc2c1. The van der Waals surface area contributed by atoms with Crippen LogP contribution in [-0.4, -0.2) is 17.7 Å². The zero-order valence-electron chi connectivity index (χ0n) is 13.0. The lowest BCUT2D eigenvalue weighted by molar-refractivity contribution is -0.116. The van der Waals surface area contributed by atoms with Crippen molar-refractivity contribution < 1.29 is 14.3 Å². The van der Waals surface area contributed by atoms with Crippen molar-refractivity contribution in [2.45, 2.75) is 12.8 Å². The smallest absolute Gasteiger partial charge is 0.231 e. The molecule has 0 bridgehead atoms. The summed E-state index contributed by atoms with van der Waals surface area (Å²) in [5, 5.41) is 3.90. The van der Waals surface area contributed by atoms with Gasteiger partial charge in [0, 0.05) is 11.8 Å². The van der Waals surface area contributed by atoms with Gasteiger partial charge < -0.3 is 14.8 Å². The van der Waals surface area contributed by atoms with Gasteiger partial charge in [-0.2, -0.15) is 0 Å². The zero-order valence-corrected chi connectivity index (χ0v) is 13.0. The molecule has 4 rings (SSSR count). The highest BCUT2D eigenvalue weighted by Crippen LogP contribution is 2.32. The van der Waals surface area contributed by atoms with E-state index in [1.807, 2.05) is 48.5 Å². The topological polar surface area (TPSA) is 60.5 Å². The van der Waals surface area contributed by atoms with Crippen LogP contribution in [0.5, 0.6) is 11.5 Å². The molecule has 0 spiro atoms. The summed E-state index contributed by atoms with van der Waals surface area (Å²) < 4.78 is 10.6. The highest BCUT2D eigenvalue weighted by atomic mass is 16.7. The van der Waals surface area contributed by atoms with Crippen LogP contribution in [0.2, 0.25) is 0 Å². The minimum Gasteiger partial charge on any atom is -0.454 e. The van der Waals surface area contributed by atoms with Gasteiger partial charge in [0.1, 0.15) is 0 Å². The number of aromatic nitrogens is 1. The van der Waals surface area contributed by atoms with E-state index in [-0.39, 0.29) is 12.7 Å². The summed E-state index contributed by atoms with van der Waals surface area (Å²) in [7, 11) is 0. The van der Waals surface area contributed by atoms with Gasteiger partial charge in [-0.25, -0.2) is 0 Å². The van der Waals surface area contributed by atoms with Crippen LogP contribution < -0.4 is 14.8 Å². The lowest BCUT2D eigenvalue weighted by Gasteiger charge is -2.07. The second-order valence-corrected chi connectivity index (χ2v) is 5.65. The third-order valence-corrected chi connectivity index (χ3v) is 3.95. The molecule has 1 aliphatic rings. The number of rotatable bonds is 4. The van der Waals surface area contributed by atoms with Crippen molar-refractivity contribution in [2.24, 2.45) is 0 Å². The predicted octanol–water partition coefficient (Wildman–Crippen LogP) is 3.53. The number of ether oxygens (including phenoxy) is 2. The molecule has 0 aliphatic carbocycles. The van der Waals surface area contributed by atoms with Crippen LogP contribution in [0.15, 0.2) is 54.7 Å². The Bertz CT molecular complexity index is 908. The molecule has 2 aromatic carbocycles. The first-order valence-corrected chi connectivity index (χ1v) is 7.81. The second-order valence-electron chi connectivity index (χ2n) is 5.65. The molecule has 120 valence electrons. The lowest BCUT2D eigenvalue weighted by atomic mass is 10.1. The zero-order chi connectivity index (χ0) is 16.4. The van der Waals surface area contributed by atoms with Crippen molar-refractivity contribution in [3.8, 4) is 11.5 Å². The Morgan fingerprint density at radius 1 is 1.08 bits per heavy atom. The second kappa shape index (κ2) is 6.20. The van der Waals surface area contributed by atoms with Crippen LogP contribution in [0.3, 0.4) is 0 Å². The summed E-state index contributed by atoms with van der Waals surface area (Å²) in [4.78, 5) is 16.5. The Morgan fingerprint density at radius 2 is 1.96 bits per heavy atom. The van der Waals surface area contributed by atoms with E-state index in [0.29, 0.717) is 18.5 Å². The number of pyridine rings is 1. The summed E-state index contributed by atoms with van der Waals surface area (Å²) >= 11 is 0. The first-order valence-electron chi connectivity index (χ1n) is 7.81. The van der Waals surface area contributed by atoms with Crippen molar-refractivity contribution >= 4 is 22.5 Å². The molecular weight excluding hydrogens is 304 g/mol. The third-order valence-electron chi connectivity index (χ3n) is 3.95. The molecule has 5 nitrogen and oxygen atoms in total. The van der Waals surface area contributed by atoms with Gasteiger partial charge in [-0.15, -0.1) is 0 Å². The number of anilines is 1. The van der Waals surface area contributed by atoms with Crippen molar-refractivity contribution in [3.05, 3.63) is 60.3 Å². The molecule has 0 radical (unpaired) electrons. The van der Waals surface area contributed by atoms with E-state index in [2.05, 4.69) is 10.3 Å². The normalized spacial score (nSPS) is 12.3. The Morgan fingerprint density at radius 3 is 2.92 bits per heavy atom. The molecule has 1 aliphatic heterocycles. The van der Waals surface area contributed by atoms with Gasteiger partial charge in [-0.05, 0) is 36.2 Å². The Labute approximate surface area is 139 Å². The van der Waals surface area contributed by atoms with E-state index < -0.39 is 0 Å². The standard InChI is InChI=1S/C19H16N2O3/c22-19(8-6-13-5-7-17-18(9-13)24-12-23-17)21-15-10-14-3-1-2-4-16(14)20-11-15/h1-5,7,9-11H,6,8,12H2,(H,21,22). The van der Waals surface area contributed by atoms with E-state index in [4.69, 9.17) is 9.47 Å². The number of amides is 1. The van der Waals surface area contributed by atoms with Crippen LogP contribution in [0.25, 0.3) is 10.9 Å². The molecule has 5 heteroatoms. The fraction of sp³-hybridized carbons (Fsp3) is 0.158. The summed E-state index contributed by atoms with van der Waals surface area (Å²) in [5.74, 6) is 1.46. The number of hydrogen-bond acceptors (Lipinski definition) is 4. The van der Waals surface area contributed by atoms with Crippen molar-refractivity contribution in [1.82, 2.24) is 4.98 Å². The van der Waals surface area contributed by atoms with Crippen LogP contribution in [0.1, 0.15) is 12.0 Å². The van der Waals surface area contributed by atoms with Gasteiger partial charge >= 0.3 is 0 Å². The Kier molecular flexibility index (Phi) is 3.75. The summed E-state index contributed by atoms with van der Waals surface area (Å²) in [5.41, 5.74) is 2.67. The number of hydrogen-bond donors (Lipinski definition) is 1. The molecule has 0 saturated carbocycles. The van der Waals surface area contributed by atoms with Crippen molar-refractivity contribution in [3.63, 3.8) is 0 Å². The predicted molar refractivity (Wildman–Crippen MR) is 91.3 cm³/mol. The van der Waals surface area contributed by atoms with E-state index in [1.165, 1.54) is 0 Å². The third kappa shape index (κ3) is 3.01. The monoisotopic (exact) mass is 320 g/mol. The fourth-order valence-corrected chi connectivity index (χ4v) is 2.72. The minimum absolute atomic E-state index is 0.0373. The first kappa shape index (κ1) is 14.5. The molecule has 2 heterocycles. The average Bonchev–Trinajstić information content (AvgIpc) is 3.07. The van der Waals surface area contributed by atoms with E-state index in [1.54, 1.807) is 6.20 Å². The van der Waals surface area contributed by atoms with Gasteiger partial charge in [-0.1, -0.05) is 24.3 Å². The highest BCUT2D eigenvalue weighted by molar-refractivity contribution is 5.93. The number of nitrogens with one attached hydrogen (secondary N) is 1. The molecule has 0 atom stereocenters. The van der Waals surface area contributed by atoms with Crippen molar-refractivity contribution in [1.29, 1.82) is 0 Å². The van der Waals surface area contributed by atoms with Gasteiger partial charge in [0.2, 0.25) is 12.7 Å². The number of aryl methyl sites for hydroxylation is 1. The van der Waals surface area contributed by atoms with Crippen LogP contribution in [-0.2, 0) is 11.2 Å². The quantitative estimate of drug-likeness (QED) is 0.799. The summed E-state index contributed by atoms with van der Waals surface area (Å²) in [6.45, 7) is 0.258. The molecule has 3 aromatic rings. The van der Waals surface area contributed by atoms with Gasteiger partial charge in [0.05, 0.1) is 17.4 Å². The van der Waals surface area contributed by atoms with E-state index in [9.17, 15) is 4.79 Å². The first-order chi connectivity index (χ1) is 11.8. The fourth-order valence-electron chi connectivity index (χ4n) is 2.72. The molecule has 0 unspecified atom stereocenters. The highest BCUT2D eigenvalue weighted by Gasteiger charge is 2.13. The molecule has 1 N–H and O–H groups in total. The molecule has 24 heavy (non-hydrogen) atoms. The number of para-hydroxylation sites is 1. The molecule has 1 amide bonds. The lowest BCUT2D eigenvalue weighted by Crippen LogP contribution is -2.12. The van der Waals surface area contributed by atoms with E-state index in [0.717, 1.165) is 28.0 Å². The maximum Gasteiger partial charge on any atom is 0.231 e.